The second-order valence-electron chi connectivity index (χ2n) is 3.80. The number of hydrogen-bond donors (Lipinski definition) is 0. The molecule has 0 saturated carbocycles. The lowest BCUT2D eigenvalue weighted by Crippen LogP contribution is -1.98. The summed E-state index contributed by atoms with van der Waals surface area (Å²) in [6, 6.07) is 3.02. The van der Waals surface area contributed by atoms with E-state index in [9.17, 15) is 8.78 Å². The first-order chi connectivity index (χ1) is 8.52. The number of aromatic nitrogens is 2. The Bertz CT molecular complexity index is 584. The Morgan fingerprint density at radius 1 is 1.39 bits per heavy atom. The number of alkyl halides is 1. The van der Waals surface area contributed by atoms with E-state index < -0.39 is 11.6 Å². The van der Waals surface area contributed by atoms with E-state index in [-0.39, 0.29) is 11.6 Å². The summed E-state index contributed by atoms with van der Waals surface area (Å²) in [7, 11) is 1.65. The monoisotopic (exact) mass is 272 g/mol. The first-order valence-electron chi connectivity index (χ1n) is 5.24. The lowest BCUT2D eigenvalue weighted by Gasteiger charge is -2.08. The van der Waals surface area contributed by atoms with Gasteiger partial charge < -0.3 is 4.74 Å². The maximum Gasteiger partial charge on any atom is 0.222 e. The molecule has 96 valence electrons. The van der Waals surface area contributed by atoms with Gasteiger partial charge in [-0.15, -0.1) is 11.6 Å². The number of nitrogens with zero attached hydrogens (tertiary/aromatic N) is 2. The minimum atomic E-state index is -0.643. The summed E-state index contributed by atoms with van der Waals surface area (Å²) in [5.41, 5.74) is 1.35. The Balaban J connectivity index is 2.42. The van der Waals surface area contributed by atoms with E-state index in [1.165, 1.54) is 4.68 Å². The van der Waals surface area contributed by atoms with Crippen LogP contribution in [0.1, 0.15) is 11.3 Å². The summed E-state index contributed by atoms with van der Waals surface area (Å²) in [6.07, 6.45) is 0. The van der Waals surface area contributed by atoms with Gasteiger partial charge in [-0.1, -0.05) is 0 Å². The van der Waals surface area contributed by atoms with Crippen molar-refractivity contribution in [2.24, 2.45) is 7.05 Å². The molecule has 0 aliphatic carbocycles. The molecule has 1 aromatic carbocycles. The molecule has 2 aromatic rings. The number of benzene rings is 1. The number of rotatable bonds is 3. The van der Waals surface area contributed by atoms with Crippen molar-refractivity contribution in [3.05, 3.63) is 41.1 Å². The van der Waals surface area contributed by atoms with E-state index in [0.717, 1.165) is 18.2 Å². The average molecular weight is 273 g/mol. The van der Waals surface area contributed by atoms with Gasteiger partial charge in [-0.05, 0) is 19.1 Å². The predicted molar refractivity (Wildman–Crippen MR) is 63.9 cm³/mol. The molecular formula is C12H11ClF2N2O. The van der Waals surface area contributed by atoms with E-state index in [0.29, 0.717) is 17.1 Å². The molecule has 0 aliphatic rings. The van der Waals surface area contributed by atoms with Crippen LogP contribution in [0.2, 0.25) is 0 Å². The standard InChI is InChI=1S/C12H11ClF2N2O/c1-7-9(6-13)12(17(2)16-7)18-11-5-8(14)3-4-10(11)15/h3-5H,6H2,1-2H3. The number of ether oxygens (including phenoxy) is 1. The Morgan fingerprint density at radius 2 is 2.11 bits per heavy atom. The van der Waals surface area contributed by atoms with Crippen LogP contribution in [0.15, 0.2) is 18.2 Å². The van der Waals surface area contributed by atoms with Gasteiger partial charge in [-0.25, -0.2) is 13.5 Å². The molecule has 0 atom stereocenters. The summed E-state index contributed by atoms with van der Waals surface area (Å²) >= 11 is 5.79. The van der Waals surface area contributed by atoms with Crippen molar-refractivity contribution in [2.45, 2.75) is 12.8 Å². The third-order valence-electron chi connectivity index (χ3n) is 2.52. The predicted octanol–water partition coefficient (Wildman–Crippen LogP) is 3.54. The molecule has 0 N–H and O–H groups in total. The topological polar surface area (TPSA) is 27.1 Å². The molecule has 0 spiro atoms. The summed E-state index contributed by atoms with van der Waals surface area (Å²) < 4.78 is 33.3. The minimum Gasteiger partial charge on any atom is -0.436 e. The fraction of sp³-hybridized carbons (Fsp3) is 0.250. The van der Waals surface area contributed by atoms with Crippen molar-refractivity contribution < 1.29 is 13.5 Å². The van der Waals surface area contributed by atoms with Gasteiger partial charge in [0.25, 0.3) is 0 Å². The van der Waals surface area contributed by atoms with Crippen LogP contribution in [0.4, 0.5) is 8.78 Å². The molecule has 0 amide bonds. The average Bonchev–Trinajstić information content (AvgIpc) is 2.58. The summed E-state index contributed by atoms with van der Waals surface area (Å²) in [5.74, 6) is -0.906. The lowest BCUT2D eigenvalue weighted by molar-refractivity contribution is 0.397. The molecule has 1 heterocycles. The molecule has 18 heavy (non-hydrogen) atoms. The Hall–Kier alpha value is -1.62. The highest BCUT2D eigenvalue weighted by atomic mass is 35.5. The summed E-state index contributed by atoms with van der Waals surface area (Å²) in [6.45, 7) is 1.77. The SMILES string of the molecule is Cc1nn(C)c(Oc2cc(F)ccc2F)c1CCl. The molecule has 0 radical (unpaired) electrons. The molecule has 1 aromatic heterocycles. The van der Waals surface area contributed by atoms with Gasteiger partial charge in [-0.3, -0.25) is 0 Å². The lowest BCUT2D eigenvalue weighted by atomic mass is 10.3. The molecule has 0 fully saturated rings. The Kier molecular flexibility index (Phi) is 3.52. The van der Waals surface area contributed by atoms with Gasteiger partial charge >= 0.3 is 0 Å². The summed E-state index contributed by atoms with van der Waals surface area (Å²) in [5, 5.41) is 4.12. The van der Waals surface area contributed by atoms with Gasteiger partial charge in [0.05, 0.1) is 17.1 Å². The van der Waals surface area contributed by atoms with Crippen molar-refractivity contribution in [3.8, 4) is 11.6 Å². The molecular weight excluding hydrogens is 262 g/mol. The van der Waals surface area contributed by atoms with Crippen molar-refractivity contribution in [1.29, 1.82) is 0 Å². The quantitative estimate of drug-likeness (QED) is 0.799. The largest absolute Gasteiger partial charge is 0.436 e. The van der Waals surface area contributed by atoms with Gasteiger partial charge in [0, 0.05) is 13.1 Å². The zero-order valence-corrected chi connectivity index (χ0v) is 10.6. The van der Waals surface area contributed by atoms with E-state index in [1.807, 2.05) is 0 Å². The van der Waals surface area contributed by atoms with E-state index >= 15 is 0 Å². The fourth-order valence-corrected chi connectivity index (χ4v) is 1.93. The van der Waals surface area contributed by atoms with Crippen LogP contribution >= 0.6 is 11.6 Å². The van der Waals surface area contributed by atoms with Gasteiger partial charge in [0.1, 0.15) is 5.82 Å². The Morgan fingerprint density at radius 3 is 2.78 bits per heavy atom. The molecule has 0 aliphatic heterocycles. The number of halogens is 3. The highest BCUT2D eigenvalue weighted by Gasteiger charge is 2.16. The molecule has 2 rings (SSSR count). The Labute approximate surface area is 108 Å². The van der Waals surface area contributed by atoms with Gasteiger partial charge in [-0.2, -0.15) is 5.10 Å². The second-order valence-corrected chi connectivity index (χ2v) is 4.07. The highest BCUT2D eigenvalue weighted by Crippen LogP contribution is 2.30. The number of hydrogen-bond acceptors (Lipinski definition) is 2. The van der Waals surface area contributed by atoms with Gasteiger partial charge in [0.15, 0.2) is 11.6 Å². The smallest absolute Gasteiger partial charge is 0.222 e. The zero-order valence-electron chi connectivity index (χ0n) is 9.88. The van der Waals surface area contributed by atoms with Crippen LogP contribution < -0.4 is 4.74 Å². The summed E-state index contributed by atoms with van der Waals surface area (Å²) in [4.78, 5) is 0. The van der Waals surface area contributed by atoms with Crippen LogP contribution in [0.5, 0.6) is 11.6 Å². The van der Waals surface area contributed by atoms with Gasteiger partial charge in [0.2, 0.25) is 5.88 Å². The van der Waals surface area contributed by atoms with Crippen molar-refractivity contribution in [2.75, 3.05) is 0 Å². The van der Waals surface area contributed by atoms with E-state index in [2.05, 4.69) is 5.10 Å². The maximum absolute atomic E-state index is 13.5. The second kappa shape index (κ2) is 4.94. The highest BCUT2D eigenvalue weighted by molar-refractivity contribution is 6.17. The van der Waals surface area contributed by atoms with Crippen LogP contribution in [0, 0.1) is 18.6 Å². The van der Waals surface area contributed by atoms with Crippen LogP contribution in [0.25, 0.3) is 0 Å². The first kappa shape index (κ1) is 12.8. The molecule has 6 heteroatoms. The number of aryl methyl sites for hydroxylation is 2. The van der Waals surface area contributed by atoms with Crippen LogP contribution in [-0.4, -0.2) is 9.78 Å². The van der Waals surface area contributed by atoms with E-state index in [1.54, 1.807) is 14.0 Å². The van der Waals surface area contributed by atoms with Crippen molar-refractivity contribution in [1.82, 2.24) is 9.78 Å². The minimum absolute atomic E-state index is 0.186. The maximum atomic E-state index is 13.5. The van der Waals surface area contributed by atoms with Crippen molar-refractivity contribution in [3.63, 3.8) is 0 Å². The first-order valence-corrected chi connectivity index (χ1v) is 5.77. The third kappa shape index (κ3) is 2.31. The molecule has 3 nitrogen and oxygen atoms in total. The van der Waals surface area contributed by atoms with Crippen LogP contribution in [-0.2, 0) is 12.9 Å². The zero-order chi connectivity index (χ0) is 13.3. The fourth-order valence-electron chi connectivity index (χ4n) is 1.62. The third-order valence-corrected chi connectivity index (χ3v) is 2.79. The van der Waals surface area contributed by atoms with Crippen molar-refractivity contribution >= 4 is 11.6 Å². The molecule has 0 saturated heterocycles. The molecule has 0 unspecified atom stereocenters. The van der Waals surface area contributed by atoms with E-state index in [4.69, 9.17) is 16.3 Å². The van der Waals surface area contributed by atoms with Crippen LogP contribution in [0.3, 0.4) is 0 Å². The normalized spacial score (nSPS) is 10.7. The molecule has 0 bridgehead atoms.